The topological polar surface area (TPSA) is 95.3 Å². The van der Waals surface area contributed by atoms with Crippen LogP contribution in [0, 0.1) is 0 Å². The molecular formula is C15H16N2O5S. The highest BCUT2D eigenvalue weighted by molar-refractivity contribution is 7.91. The first-order valence-corrected chi connectivity index (χ1v) is 8.37. The molecule has 0 bridgehead atoms. The van der Waals surface area contributed by atoms with Gasteiger partial charge in [0, 0.05) is 13.2 Å². The van der Waals surface area contributed by atoms with Gasteiger partial charge in [0.2, 0.25) is 9.84 Å². The van der Waals surface area contributed by atoms with Crippen LogP contribution in [0.15, 0.2) is 46.3 Å². The van der Waals surface area contributed by atoms with Crippen LogP contribution in [-0.2, 0) is 26.4 Å². The van der Waals surface area contributed by atoms with Crippen molar-refractivity contribution in [1.29, 1.82) is 0 Å². The number of benzene rings is 1. The van der Waals surface area contributed by atoms with Crippen LogP contribution >= 0.6 is 0 Å². The van der Waals surface area contributed by atoms with Crippen LogP contribution in [0.1, 0.15) is 23.8 Å². The van der Waals surface area contributed by atoms with Crippen molar-refractivity contribution in [1.82, 2.24) is 9.78 Å². The molecule has 1 heterocycles. The van der Waals surface area contributed by atoms with Crippen LogP contribution in [0.3, 0.4) is 0 Å². The van der Waals surface area contributed by atoms with Crippen molar-refractivity contribution in [2.75, 3.05) is 6.61 Å². The molecular weight excluding hydrogens is 320 g/mol. The van der Waals surface area contributed by atoms with Crippen LogP contribution in [0.25, 0.3) is 0 Å². The second-order valence-corrected chi connectivity index (χ2v) is 6.66. The third kappa shape index (κ3) is 3.65. The molecule has 1 aromatic carbocycles. The molecule has 122 valence electrons. The zero-order chi connectivity index (χ0) is 17.0. The van der Waals surface area contributed by atoms with Crippen molar-refractivity contribution in [2.24, 2.45) is 7.05 Å². The summed E-state index contributed by atoms with van der Waals surface area (Å²) in [6.07, 6.45) is 0.697. The number of sulfone groups is 1. The number of nitrogens with zero attached hydrogens (tertiary/aromatic N) is 2. The molecule has 0 unspecified atom stereocenters. The number of aryl methyl sites for hydroxylation is 1. The quantitative estimate of drug-likeness (QED) is 0.449. The summed E-state index contributed by atoms with van der Waals surface area (Å²) in [7, 11) is -2.39. The monoisotopic (exact) mass is 336 g/mol. The summed E-state index contributed by atoms with van der Waals surface area (Å²) < 4.78 is 31.3. The SMILES string of the molecule is CCOC(=O)CC(=O)c1nn(C)cc1S(=O)(=O)c1ccccc1. The molecule has 0 N–H and O–H groups in total. The van der Waals surface area contributed by atoms with E-state index in [4.69, 9.17) is 4.74 Å². The predicted octanol–water partition coefficient (Wildman–Crippen LogP) is 1.39. The Morgan fingerprint density at radius 2 is 1.87 bits per heavy atom. The van der Waals surface area contributed by atoms with E-state index in [0.29, 0.717) is 0 Å². The van der Waals surface area contributed by atoms with Gasteiger partial charge in [0.25, 0.3) is 0 Å². The fourth-order valence-corrected chi connectivity index (χ4v) is 3.48. The van der Waals surface area contributed by atoms with Gasteiger partial charge in [-0.05, 0) is 19.1 Å². The fourth-order valence-electron chi connectivity index (χ4n) is 2.01. The highest BCUT2D eigenvalue weighted by atomic mass is 32.2. The van der Waals surface area contributed by atoms with Crippen molar-refractivity contribution in [3.05, 3.63) is 42.2 Å². The first-order chi connectivity index (χ1) is 10.9. The summed E-state index contributed by atoms with van der Waals surface area (Å²) in [5.74, 6) is -1.41. The van der Waals surface area contributed by atoms with E-state index in [-0.39, 0.29) is 22.1 Å². The molecule has 0 saturated heterocycles. The Labute approximate surface area is 133 Å². The van der Waals surface area contributed by atoms with Gasteiger partial charge in [-0.15, -0.1) is 0 Å². The Balaban J connectivity index is 2.42. The molecule has 1 aromatic heterocycles. The number of carbonyl (C=O) groups excluding carboxylic acids is 2. The third-order valence-electron chi connectivity index (χ3n) is 3.01. The second kappa shape index (κ2) is 6.74. The lowest BCUT2D eigenvalue weighted by Gasteiger charge is -2.04. The molecule has 8 heteroatoms. The highest BCUT2D eigenvalue weighted by Crippen LogP contribution is 2.24. The van der Waals surface area contributed by atoms with Gasteiger partial charge in [0.1, 0.15) is 17.0 Å². The molecule has 2 rings (SSSR count). The van der Waals surface area contributed by atoms with E-state index in [1.807, 2.05) is 0 Å². The van der Waals surface area contributed by atoms with Crippen molar-refractivity contribution in [3.8, 4) is 0 Å². The van der Waals surface area contributed by atoms with Gasteiger partial charge in [-0.3, -0.25) is 14.3 Å². The van der Waals surface area contributed by atoms with E-state index in [1.54, 1.807) is 25.1 Å². The van der Waals surface area contributed by atoms with Crippen molar-refractivity contribution in [2.45, 2.75) is 23.1 Å². The lowest BCUT2D eigenvalue weighted by atomic mass is 10.2. The van der Waals surface area contributed by atoms with Crippen LogP contribution in [-0.4, -0.2) is 36.6 Å². The minimum absolute atomic E-state index is 0.0539. The molecule has 2 aromatic rings. The number of rotatable bonds is 6. The summed E-state index contributed by atoms with van der Waals surface area (Å²) in [4.78, 5) is 23.5. The number of ether oxygens (including phenoxy) is 1. The van der Waals surface area contributed by atoms with Gasteiger partial charge < -0.3 is 4.74 Å². The van der Waals surface area contributed by atoms with Gasteiger partial charge in [-0.25, -0.2) is 8.42 Å². The van der Waals surface area contributed by atoms with Gasteiger partial charge in [-0.2, -0.15) is 5.10 Å². The number of hydrogen-bond donors (Lipinski definition) is 0. The zero-order valence-electron chi connectivity index (χ0n) is 12.7. The third-order valence-corrected chi connectivity index (χ3v) is 4.78. The van der Waals surface area contributed by atoms with Crippen molar-refractivity contribution >= 4 is 21.6 Å². The number of ketones is 1. The maximum atomic E-state index is 12.7. The van der Waals surface area contributed by atoms with E-state index >= 15 is 0 Å². The van der Waals surface area contributed by atoms with Crippen LogP contribution in [0.5, 0.6) is 0 Å². The molecule has 0 atom stereocenters. The molecule has 0 aliphatic rings. The predicted molar refractivity (Wildman–Crippen MR) is 80.7 cm³/mol. The summed E-state index contributed by atoms with van der Waals surface area (Å²) in [5.41, 5.74) is -0.260. The van der Waals surface area contributed by atoms with Crippen LogP contribution in [0.4, 0.5) is 0 Å². The zero-order valence-corrected chi connectivity index (χ0v) is 13.5. The largest absolute Gasteiger partial charge is 0.466 e. The average molecular weight is 336 g/mol. The number of hydrogen-bond acceptors (Lipinski definition) is 6. The number of aromatic nitrogens is 2. The Morgan fingerprint density at radius 1 is 1.22 bits per heavy atom. The second-order valence-electron chi connectivity index (χ2n) is 4.74. The smallest absolute Gasteiger partial charge is 0.313 e. The lowest BCUT2D eigenvalue weighted by Crippen LogP contribution is -2.15. The van der Waals surface area contributed by atoms with E-state index < -0.39 is 28.0 Å². The average Bonchev–Trinajstić information content (AvgIpc) is 2.91. The minimum atomic E-state index is -3.90. The highest BCUT2D eigenvalue weighted by Gasteiger charge is 2.29. The maximum Gasteiger partial charge on any atom is 0.313 e. The van der Waals surface area contributed by atoms with Crippen LogP contribution in [0.2, 0.25) is 0 Å². The molecule has 23 heavy (non-hydrogen) atoms. The van der Waals surface area contributed by atoms with Gasteiger partial charge >= 0.3 is 5.97 Å². The lowest BCUT2D eigenvalue weighted by molar-refractivity contribution is -0.141. The molecule has 0 aliphatic carbocycles. The Morgan fingerprint density at radius 3 is 2.48 bits per heavy atom. The normalized spacial score (nSPS) is 11.2. The minimum Gasteiger partial charge on any atom is -0.466 e. The summed E-state index contributed by atoms with van der Waals surface area (Å²) in [6.45, 7) is 1.76. The molecule has 0 aliphatic heterocycles. The first-order valence-electron chi connectivity index (χ1n) is 6.89. The van der Waals surface area contributed by atoms with E-state index in [9.17, 15) is 18.0 Å². The fraction of sp³-hybridized carbons (Fsp3) is 0.267. The van der Waals surface area contributed by atoms with Gasteiger partial charge in [0.15, 0.2) is 5.78 Å². The molecule has 0 radical (unpaired) electrons. The number of Topliss-reactive ketones (excluding diaryl/α,β-unsaturated/α-hetero) is 1. The van der Waals surface area contributed by atoms with E-state index in [1.165, 1.54) is 30.1 Å². The molecule has 0 fully saturated rings. The van der Waals surface area contributed by atoms with Crippen molar-refractivity contribution in [3.63, 3.8) is 0 Å². The molecule has 0 amide bonds. The first kappa shape index (κ1) is 16.9. The summed E-state index contributed by atoms with van der Waals surface area (Å²) >= 11 is 0. The van der Waals surface area contributed by atoms with Gasteiger partial charge in [-0.1, -0.05) is 18.2 Å². The Bertz CT molecular complexity index is 825. The number of carbonyl (C=O) groups is 2. The Kier molecular flexibility index (Phi) is 4.95. The van der Waals surface area contributed by atoms with Gasteiger partial charge in [0.05, 0.1) is 11.5 Å². The van der Waals surface area contributed by atoms with E-state index in [0.717, 1.165) is 0 Å². The molecule has 0 spiro atoms. The van der Waals surface area contributed by atoms with Crippen molar-refractivity contribution < 1.29 is 22.7 Å². The summed E-state index contributed by atoms with van der Waals surface area (Å²) in [6, 6.07) is 7.73. The maximum absolute atomic E-state index is 12.7. The Hall–Kier alpha value is -2.48. The van der Waals surface area contributed by atoms with E-state index in [2.05, 4.69) is 5.10 Å². The summed E-state index contributed by atoms with van der Waals surface area (Å²) in [5, 5.41) is 3.90. The standard InChI is InChI=1S/C15H16N2O5S/c1-3-22-14(19)9-12(18)15-13(10-17(2)16-15)23(20,21)11-7-5-4-6-8-11/h4-8,10H,3,9H2,1-2H3. The van der Waals surface area contributed by atoms with Crippen LogP contribution < -0.4 is 0 Å². The molecule has 7 nitrogen and oxygen atoms in total. The molecule has 0 saturated carbocycles. The number of esters is 1.